The van der Waals surface area contributed by atoms with E-state index in [4.69, 9.17) is 16.7 Å². The van der Waals surface area contributed by atoms with Crippen LogP contribution in [0.2, 0.25) is 5.02 Å². The lowest BCUT2D eigenvalue weighted by atomic mass is 10.2. The second kappa shape index (κ2) is 5.27. The Morgan fingerprint density at radius 3 is 2.64 bits per heavy atom. The molecule has 0 aliphatic rings. The van der Waals surface area contributed by atoms with Gasteiger partial charge in [-0.15, -0.1) is 0 Å². The first-order valence-electron chi connectivity index (χ1n) is 6.41. The first kappa shape index (κ1) is 14.3. The van der Waals surface area contributed by atoms with E-state index in [1.165, 1.54) is 0 Å². The zero-order chi connectivity index (χ0) is 15.9. The normalized spacial score (nSPS) is 11.0. The standard InChI is InChI=1S/C14H11ClN4O3/c1-7-10(6-11(20)21)13(22)19-14(16-7)17-12(18-19)8-2-4-9(15)5-3-8/h2-5H,6H2,1H3,(H,20,21)(H,16,17,18). The van der Waals surface area contributed by atoms with Gasteiger partial charge in [0.05, 0.1) is 17.7 Å². The highest BCUT2D eigenvalue weighted by molar-refractivity contribution is 6.30. The molecule has 0 atom stereocenters. The average molecular weight is 319 g/mol. The van der Waals surface area contributed by atoms with Gasteiger partial charge in [0.25, 0.3) is 11.3 Å². The number of nitrogens with one attached hydrogen (secondary N) is 1. The molecule has 3 aromatic rings. The molecule has 2 heterocycles. The zero-order valence-corrected chi connectivity index (χ0v) is 12.3. The van der Waals surface area contributed by atoms with Gasteiger partial charge < -0.3 is 5.11 Å². The molecular weight excluding hydrogens is 308 g/mol. The van der Waals surface area contributed by atoms with Gasteiger partial charge in [-0.1, -0.05) is 11.6 Å². The van der Waals surface area contributed by atoms with E-state index in [9.17, 15) is 9.59 Å². The Labute approximate surface area is 129 Å². The summed E-state index contributed by atoms with van der Waals surface area (Å²) in [6, 6.07) is 6.94. The third-order valence-electron chi connectivity index (χ3n) is 3.24. The summed E-state index contributed by atoms with van der Waals surface area (Å²) in [5.74, 6) is -0.436. The summed E-state index contributed by atoms with van der Waals surface area (Å²) < 4.78 is 1.15. The summed E-state index contributed by atoms with van der Waals surface area (Å²) in [5.41, 5.74) is 0.780. The number of carboxylic acids is 1. The van der Waals surface area contributed by atoms with Crippen LogP contribution in [0.5, 0.6) is 0 Å². The summed E-state index contributed by atoms with van der Waals surface area (Å²) in [4.78, 5) is 31.6. The van der Waals surface area contributed by atoms with Gasteiger partial charge >= 0.3 is 5.97 Å². The first-order chi connectivity index (χ1) is 10.5. The maximum absolute atomic E-state index is 12.4. The number of H-pyrrole nitrogens is 1. The van der Waals surface area contributed by atoms with E-state index in [1.807, 2.05) is 0 Å². The average Bonchev–Trinajstić information content (AvgIpc) is 2.88. The number of fused-ring (bicyclic) bond motifs is 1. The molecule has 8 heteroatoms. The van der Waals surface area contributed by atoms with Crippen molar-refractivity contribution in [3.05, 3.63) is 50.9 Å². The summed E-state index contributed by atoms with van der Waals surface area (Å²) >= 11 is 5.84. The highest BCUT2D eigenvalue weighted by atomic mass is 35.5. The fourth-order valence-electron chi connectivity index (χ4n) is 2.15. The van der Waals surface area contributed by atoms with Gasteiger partial charge in [0.15, 0.2) is 5.82 Å². The van der Waals surface area contributed by atoms with Crippen LogP contribution < -0.4 is 5.56 Å². The number of benzene rings is 1. The van der Waals surface area contributed by atoms with Crippen molar-refractivity contribution in [2.75, 3.05) is 0 Å². The van der Waals surface area contributed by atoms with Crippen LogP contribution >= 0.6 is 11.6 Å². The molecule has 0 amide bonds. The molecule has 22 heavy (non-hydrogen) atoms. The lowest BCUT2D eigenvalue weighted by molar-refractivity contribution is -0.136. The predicted octanol–water partition coefficient (Wildman–Crippen LogP) is 1.67. The van der Waals surface area contributed by atoms with Crippen molar-refractivity contribution in [1.82, 2.24) is 19.6 Å². The van der Waals surface area contributed by atoms with E-state index >= 15 is 0 Å². The molecule has 0 radical (unpaired) electrons. The molecule has 0 aliphatic carbocycles. The number of aliphatic carboxylic acids is 1. The van der Waals surface area contributed by atoms with Crippen molar-refractivity contribution in [1.29, 1.82) is 0 Å². The van der Waals surface area contributed by atoms with Gasteiger partial charge in [-0.3, -0.25) is 14.7 Å². The van der Waals surface area contributed by atoms with Crippen molar-refractivity contribution < 1.29 is 9.90 Å². The number of carbonyl (C=O) groups is 1. The van der Waals surface area contributed by atoms with Crippen LogP contribution in [0.1, 0.15) is 11.3 Å². The minimum atomic E-state index is -1.08. The number of hydrogen-bond donors (Lipinski definition) is 2. The Kier molecular flexibility index (Phi) is 3.42. The van der Waals surface area contributed by atoms with Crippen molar-refractivity contribution in [2.45, 2.75) is 13.3 Å². The molecule has 0 spiro atoms. The predicted molar refractivity (Wildman–Crippen MR) is 80.1 cm³/mol. The first-order valence-corrected chi connectivity index (χ1v) is 6.79. The number of carboxylic acid groups (broad SMARTS) is 1. The quantitative estimate of drug-likeness (QED) is 0.765. The molecule has 2 aromatic heterocycles. The molecule has 0 aliphatic heterocycles. The number of hydrogen-bond acceptors (Lipinski definition) is 4. The SMILES string of the molecule is Cc1nc2nc(-c3ccc(Cl)cc3)[nH]n2c(=O)c1CC(=O)O. The molecule has 0 bridgehead atoms. The Bertz CT molecular complexity index is 928. The van der Waals surface area contributed by atoms with Gasteiger partial charge in [-0.05, 0) is 31.2 Å². The number of rotatable bonds is 3. The molecule has 2 N–H and O–H groups in total. The second-order valence-corrected chi connectivity index (χ2v) is 5.20. The minimum Gasteiger partial charge on any atom is -0.481 e. The fourth-order valence-corrected chi connectivity index (χ4v) is 2.27. The van der Waals surface area contributed by atoms with Crippen LogP contribution in [0.25, 0.3) is 17.2 Å². The van der Waals surface area contributed by atoms with Crippen LogP contribution in [0.15, 0.2) is 29.1 Å². The van der Waals surface area contributed by atoms with Gasteiger partial charge in [-0.25, -0.2) is 4.98 Å². The Morgan fingerprint density at radius 2 is 2.00 bits per heavy atom. The Morgan fingerprint density at radius 1 is 1.32 bits per heavy atom. The van der Waals surface area contributed by atoms with Gasteiger partial charge in [0.1, 0.15) is 0 Å². The Balaban J connectivity index is 2.18. The lowest BCUT2D eigenvalue weighted by Gasteiger charge is -2.01. The van der Waals surface area contributed by atoms with E-state index in [2.05, 4.69) is 15.1 Å². The van der Waals surface area contributed by atoms with Gasteiger partial charge in [-0.2, -0.15) is 9.50 Å². The largest absolute Gasteiger partial charge is 0.481 e. The molecular formula is C14H11ClN4O3. The third-order valence-corrected chi connectivity index (χ3v) is 3.49. The summed E-state index contributed by atoms with van der Waals surface area (Å²) in [6.07, 6.45) is -0.379. The van der Waals surface area contributed by atoms with Crippen molar-refractivity contribution >= 4 is 23.3 Å². The minimum absolute atomic E-state index is 0.135. The third kappa shape index (κ3) is 2.46. The molecule has 3 rings (SSSR count). The summed E-state index contributed by atoms with van der Waals surface area (Å²) in [5, 5.41) is 12.3. The topological polar surface area (TPSA) is 100 Å². The van der Waals surface area contributed by atoms with Crippen molar-refractivity contribution in [2.24, 2.45) is 0 Å². The molecule has 0 saturated heterocycles. The molecule has 0 fully saturated rings. The fraction of sp³-hybridized carbons (Fsp3) is 0.143. The zero-order valence-electron chi connectivity index (χ0n) is 11.5. The summed E-state index contributed by atoms with van der Waals surface area (Å²) in [7, 11) is 0. The van der Waals surface area contributed by atoms with E-state index in [-0.39, 0.29) is 17.8 Å². The monoisotopic (exact) mass is 318 g/mol. The van der Waals surface area contributed by atoms with Crippen LogP contribution in [-0.2, 0) is 11.2 Å². The second-order valence-electron chi connectivity index (χ2n) is 4.77. The van der Waals surface area contributed by atoms with Gasteiger partial charge in [0.2, 0.25) is 0 Å². The number of aryl methyl sites for hydroxylation is 1. The van der Waals surface area contributed by atoms with E-state index < -0.39 is 11.5 Å². The number of halogens is 1. The van der Waals surface area contributed by atoms with E-state index in [1.54, 1.807) is 31.2 Å². The highest BCUT2D eigenvalue weighted by Crippen LogP contribution is 2.18. The summed E-state index contributed by atoms with van der Waals surface area (Å²) in [6.45, 7) is 1.59. The maximum Gasteiger partial charge on any atom is 0.308 e. The molecule has 1 aromatic carbocycles. The van der Waals surface area contributed by atoms with Crippen LogP contribution in [0, 0.1) is 6.92 Å². The lowest BCUT2D eigenvalue weighted by Crippen LogP contribution is -2.24. The van der Waals surface area contributed by atoms with Crippen LogP contribution in [0.3, 0.4) is 0 Å². The molecule has 0 saturated carbocycles. The Hall–Kier alpha value is -2.67. The van der Waals surface area contributed by atoms with E-state index in [0.717, 1.165) is 10.1 Å². The molecule has 0 unspecified atom stereocenters. The van der Waals surface area contributed by atoms with Crippen LogP contribution in [-0.4, -0.2) is 30.7 Å². The number of aromatic nitrogens is 4. The number of nitrogens with zero attached hydrogens (tertiary/aromatic N) is 3. The highest BCUT2D eigenvalue weighted by Gasteiger charge is 2.16. The van der Waals surface area contributed by atoms with Crippen molar-refractivity contribution in [3.63, 3.8) is 0 Å². The number of aromatic amines is 1. The van der Waals surface area contributed by atoms with Crippen molar-refractivity contribution in [3.8, 4) is 11.4 Å². The van der Waals surface area contributed by atoms with Crippen LogP contribution in [0.4, 0.5) is 0 Å². The van der Waals surface area contributed by atoms with Gasteiger partial charge in [0, 0.05) is 10.6 Å². The maximum atomic E-state index is 12.4. The van der Waals surface area contributed by atoms with E-state index in [0.29, 0.717) is 16.5 Å². The molecule has 112 valence electrons. The molecule has 7 nitrogen and oxygen atoms in total. The smallest absolute Gasteiger partial charge is 0.308 e.